The highest BCUT2D eigenvalue weighted by molar-refractivity contribution is 6.01. The minimum Gasteiger partial charge on any atom is -0.285 e. The minimum absolute atomic E-state index is 0.0731. The van der Waals surface area contributed by atoms with Crippen LogP contribution in [0.2, 0.25) is 0 Å². The zero-order chi connectivity index (χ0) is 7.82. The van der Waals surface area contributed by atoms with Gasteiger partial charge in [-0.05, 0) is 12.3 Å². The van der Waals surface area contributed by atoms with Gasteiger partial charge >= 0.3 is 0 Å². The normalized spacial score (nSPS) is 8.20. The van der Waals surface area contributed by atoms with Gasteiger partial charge in [0.05, 0.1) is 0 Å². The third-order valence-electron chi connectivity index (χ3n) is 1.13. The summed E-state index contributed by atoms with van der Waals surface area (Å²) < 4.78 is 0. The summed E-state index contributed by atoms with van der Waals surface area (Å²) in [6, 6.07) is 0. The van der Waals surface area contributed by atoms with Crippen LogP contribution in [0, 0.1) is 18.3 Å². The molecule has 0 saturated carbocycles. The number of hydrogen-bond donors (Lipinski definition) is 0. The first-order valence-electron chi connectivity index (χ1n) is 3.63. The summed E-state index contributed by atoms with van der Waals surface area (Å²) in [5.74, 6) is 5.26. The quantitative estimate of drug-likeness (QED) is 0.330. The lowest BCUT2D eigenvalue weighted by molar-refractivity contribution is -0.110. The van der Waals surface area contributed by atoms with Crippen LogP contribution in [0.15, 0.2) is 0 Å². The maximum Gasteiger partial charge on any atom is 0.208 e. The van der Waals surface area contributed by atoms with E-state index in [0.717, 1.165) is 19.3 Å². The zero-order valence-electron chi connectivity index (χ0n) is 6.61. The van der Waals surface area contributed by atoms with E-state index in [1.807, 2.05) is 0 Å². The molecule has 0 aromatic carbocycles. The molecular formula is C9H13O. The van der Waals surface area contributed by atoms with E-state index in [0.29, 0.717) is 0 Å². The molecule has 55 valence electrons. The lowest BCUT2D eigenvalue weighted by Crippen LogP contribution is -1.88. The summed E-state index contributed by atoms with van der Waals surface area (Å²) in [5.41, 5.74) is 0. The van der Waals surface area contributed by atoms with Crippen LogP contribution in [0.4, 0.5) is 0 Å². The highest BCUT2D eigenvalue weighted by atomic mass is 16.1. The van der Waals surface area contributed by atoms with E-state index in [2.05, 4.69) is 18.8 Å². The molecule has 0 fully saturated rings. The average molecular weight is 137 g/mol. The Hall–Kier alpha value is -0.770. The van der Waals surface area contributed by atoms with Gasteiger partial charge in [-0.1, -0.05) is 26.2 Å². The third-order valence-corrected chi connectivity index (χ3v) is 1.13. The molecule has 0 spiro atoms. The number of carbonyl (C=O) groups excluding carboxylic acids is 1. The van der Waals surface area contributed by atoms with Crippen molar-refractivity contribution in [2.45, 2.75) is 33.1 Å². The smallest absolute Gasteiger partial charge is 0.208 e. The third kappa shape index (κ3) is 5.37. The van der Waals surface area contributed by atoms with E-state index in [9.17, 15) is 4.79 Å². The Morgan fingerprint density at radius 2 is 2.30 bits per heavy atom. The molecule has 0 aliphatic rings. The highest BCUT2D eigenvalue weighted by Gasteiger charge is 1.86. The van der Waals surface area contributed by atoms with Gasteiger partial charge in [0, 0.05) is 12.8 Å². The van der Waals surface area contributed by atoms with Crippen molar-refractivity contribution in [3.63, 3.8) is 0 Å². The topological polar surface area (TPSA) is 17.1 Å². The lowest BCUT2D eigenvalue weighted by Gasteiger charge is -1.82. The number of unbranched alkanes of at least 4 members (excludes halogenated alkanes) is 2. The number of hydrogen-bond acceptors (Lipinski definition) is 1. The molecule has 1 heteroatoms. The van der Waals surface area contributed by atoms with Crippen LogP contribution in [0.1, 0.15) is 33.1 Å². The average Bonchev–Trinajstić information content (AvgIpc) is 1.98. The molecule has 0 atom stereocenters. The molecule has 0 rings (SSSR count). The molecule has 1 radical (unpaired) electrons. The van der Waals surface area contributed by atoms with E-state index in [-0.39, 0.29) is 5.78 Å². The first kappa shape index (κ1) is 9.23. The van der Waals surface area contributed by atoms with Crippen molar-refractivity contribution in [2.75, 3.05) is 0 Å². The van der Waals surface area contributed by atoms with Crippen LogP contribution in [0.5, 0.6) is 0 Å². The minimum atomic E-state index is -0.0731. The maximum absolute atomic E-state index is 10.5. The fourth-order valence-corrected chi connectivity index (χ4v) is 0.487. The molecule has 0 aliphatic carbocycles. The molecule has 0 amide bonds. The zero-order valence-corrected chi connectivity index (χ0v) is 6.61. The summed E-state index contributed by atoms with van der Waals surface area (Å²) in [4.78, 5) is 10.5. The number of carbonyl (C=O) groups is 1. The Morgan fingerprint density at radius 1 is 1.60 bits per heavy atom. The fourth-order valence-electron chi connectivity index (χ4n) is 0.487. The van der Waals surface area contributed by atoms with E-state index >= 15 is 0 Å². The van der Waals surface area contributed by atoms with Gasteiger partial charge in [0.1, 0.15) is 0 Å². The lowest BCUT2D eigenvalue weighted by atomic mass is 10.2. The molecule has 10 heavy (non-hydrogen) atoms. The van der Waals surface area contributed by atoms with Gasteiger partial charge < -0.3 is 0 Å². The van der Waals surface area contributed by atoms with E-state index in [1.165, 1.54) is 6.42 Å². The summed E-state index contributed by atoms with van der Waals surface area (Å²) in [6.45, 7) is 3.81. The van der Waals surface area contributed by atoms with E-state index < -0.39 is 0 Å². The maximum atomic E-state index is 10.5. The summed E-state index contributed by atoms with van der Waals surface area (Å²) in [6.07, 6.45) is 4.55. The number of Topliss-reactive ketones (excluding diaryl/α,β-unsaturated/α-hetero) is 1. The second kappa shape index (κ2) is 6.35. The number of rotatable bonds is 3. The second-order valence-electron chi connectivity index (χ2n) is 2.06. The van der Waals surface area contributed by atoms with Gasteiger partial charge in [0.25, 0.3) is 0 Å². The molecular weight excluding hydrogens is 124 g/mol. The standard InChI is InChI=1S/C9H13O/c1-3-5-6-7-8-9(10)4-2/h4H,3,5-6H2,1-2H3. The van der Waals surface area contributed by atoms with Crippen molar-refractivity contribution in [1.82, 2.24) is 0 Å². The second-order valence-corrected chi connectivity index (χ2v) is 2.06. The van der Waals surface area contributed by atoms with E-state index in [1.54, 1.807) is 6.92 Å². The first-order valence-corrected chi connectivity index (χ1v) is 3.63. The highest BCUT2D eigenvalue weighted by Crippen LogP contribution is 1.90. The van der Waals surface area contributed by atoms with Gasteiger partial charge in [0.2, 0.25) is 5.78 Å². The molecule has 0 heterocycles. The molecule has 0 aromatic heterocycles. The van der Waals surface area contributed by atoms with Gasteiger partial charge in [-0.25, -0.2) is 0 Å². The van der Waals surface area contributed by atoms with Crippen molar-refractivity contribution in [3.05, 3.63) is 6.42 Å². The Labute approximate surface area is 62.8 Å². The Balaban J connectivity index is 3.39. The molecule has 0 unspecified atom stereocenters. The number of ketones is 1. The van der Waals surface area contributed by atoms with Crippen molar-refractivity contribution in [1.29, 1.82) is 0 Å². The SMILES string of the molecule is C[CH]C(=O)C#CCCCC. The Bertz CT molecular complexity index is 148. The first-order chi connectivity index (χ1) is 4.81. The van der Waals surface area contributed by atoms with Gasteiger partial charge in [-0.15, -0.1) is 0 Å². The van der Waals surface area contributed by atoms with Gasteiger partial charge in [-0.3, -0.25) is 4.79 Å². The summed E-state index contributed by atoms with van der Waals surface area (Å²) in [5, 5.41) is 0. The Morgan fingerprint density at radius 3 is 2.80 bits per heavy atom. The van der Waals surface area contributed by atoms with Crippen molar-refractivity contribution in [2.24, 2.45) is 0 Å². The van der Waals surface area contributed by atoms with E-state index in [4.69, 9.17) is 0 Å². The van der Waals surface area contributed by atoms with Crippen molar-refractivity contribution < 1.29 is 4.79 Å². The van der Waals surface area contributed by atoms with Crippen LogP contribution >= 0.6 is 0 Å². The summed E-state index contributed by atoms with van der Waals surface area (Å²) >= 11 is 0. The van der Waals surface area contributed by atoms with Crippen LogP contribution < -0.4 is 0 Å². The van der Waals surface area contributed by atoms with Crippen molar-refractivity contribution >= 4 is 5.78 Å². The van der Waals surface area contributed by atoms with Crippen LogP contribution in [0.3, 0.4) is 0 Å². The molecule has 1 nitrogen and oxygen atoms in total. The predicted octanol–water partition coefficient (Wildman–Crippen LogP) is 1.97. The molecule has 0 N–H and O–H groups in total. The summed E-state index contributed by atoms with van der Waals surface area (Å²) in [7, 11) is 0. The largest absolute Gasteiger partial charge is 0.285 e. The van der Waals surface area contributed by atoms with Crippen LogP contribution in [0.25, 0.3) is 0 Å². The van der Waals surface area contributed by atoms with Crippen molar-refractivity contribution in [3.8, 4) is 11.8 Å². The molecule has 0 bridgehead atoms. The molecule has 0 saturated heterocycles. The molecule has 0 aliphatic heterocycles. The van der Waals surface area contributed by atoms with Gasteiger partial charge in [0.15, 0.2) is 0 Å². The molecule has 0 aromatic rings. The van der Waals surface area contributed by atoms with Gasteiger partial charge in [-0.2, -0.15) is 0 Å². The predicted molar refractivity (Wildman–Crippen MR) is 42.3 cm³/mol. The fraction of sp³-hybridized carbons (Fsp3) is 0.556. The van der Waals surface area contributed by atoms with Crippen LogP contribution in [-0.2, 0) is 4.79 Å². The monoisotopic (exact) mass is 137 g/mol. The Kier molecular flexibility index (Phi) is 5.86. The van der Waals surface area contributed by atoms with Crippen LogP contribution in [-0.4, -0.2) is 5.78 Å².